The summed E-state index contributed by atoms with van der Waals surface area (Å²) >= 11 is 0. The van der Waals surface area contributed by atoms with E-state index in [0.29, 0.717) is 11.4 Å². The SMILES string of the molecule is Nc1ccccc1C=N/N=C\c1ccccc1N. The second-order valence-corrected chi connectivity index (χ2v) is 3.75. The molecule has 0 bridgehead atoms. The van der Waals surface area contributed by atoms with E-state index in [0.717, 1.165) is 11.1 Å². The first-order valence-corrected chi connectivity index (χ1v) is 5.53. The number of nitrogen functional groups attached to an aromatic ring is 2. The zero-order chi connectivity index (χ0) is 12.8. The van der Waals surface area contributed by atoms with Gasteiger partial charge >= 0.3 is 0 Å². The third-order valence-electron chi connectivity index (χ3n) is 2.45. The van der Waals surface area contributed by atoms with Crippen molar-refractivity contribution in [3.8, 4) is 0 Å². The first kappa shape index (κ1) is 11.9. The van der Waals surface area contributed by atoms with Crippen LogP contribution in [-0.4, -0.2) is 12.4 Å². The number of anilines is 2. The molecule has 0 saturated heterocycles. The van der Waals surface area contributed by atoms with Gasteiger partial charge in [-0.1, -0.05) is 36.4 Å². The van der Waals surface area contributed by atoms with E-state index in [9.17, 15) is 0 Å². The van der Waals surface area contributed by atoms with Crippen molar-refractivity contribution in [3.63, 3.8) is 0 Å². The van der Waals surface area contributed by atoms with E-state index >= 15 is 0 Å². The van der Waals surface area contributed by atoms with Gasteiger partial charge in [0.05, 0.1) is 12.4 Å². The molecule has 4 N–H and O–H groups in total. The number of benzene rings is 2. The van der Waals surface area contributed by atoms with Gasteiger partial charge in [-0.15, -0.1) is 0 Å². The summed E-state index contributed by atoms with van der Waals surface area (Å²) < 4.78 is 0. The van der Waals surface area contributed by atoms with Crippen LogP contribution in [0.5, 0.6) is 0 Å². The number of hydrogen-bond acceptors (Lipinski definition) is 4. The summed E-state index contributed by atoms with van der Waals surface area (Å²) in [6.07, 6.45) is 3.23. The quantitative estimate of drug-likeness (QED) is 0.489. The van der Waals surface area contributed by atoms with Crippen LogP contribution in [-0.2, 0) is 0 Å². The molecule has 90 valence electrons. The van der Waals surface area contributed by atoms with Gasteiger partial charge in [0, 0.05) is 22.5 Å². The van der Waals surface area contributed by atoms with Crippen LogP contribution >= 0.6 is 0 Å². The normalized spacial score (nSPS) is 11.3. The van der Waals surface area contributed by atoms with Gasteiger partial charge in [0.1, 0.15) is 0 Å². The summed E-state index contributed by atoms with van der Waals surface area (Å²) in [4.78, 5) is 0. The summed E-state index contributed by atoms with van der Waals surface area (Å²) in [6.45, 7) is 0. The van der Waals surface area contributed by atoms with E-state index in [1.165, 1.54) is 0 Å². The molecule has 18 heavy (non-hydrogen) atoms. The summed E-state index contributed by atoms with van der Waals surface area (Å²) in [6, 6.07) is 14.9. The Balaban J connectivity index is 2.08. The van der Waals surface area contributed by atoms with E-state index in [-0.39, 0.29) is 0 Å². The van der Waals surface area contributed by atoms with Crippen LogP contribution in [0.3, 0.4) is 0 Å². The fourth-order valence-electron chi connectivity index (χ4n) is 1.45. The molecular weight excluding hydrogens is 224 g/mol. The average Bonchev–Trinajstić information content (AvgIpc) is 2.38. The van der Waals surface area contributed by atoms with E-state index in [1.807, 2.05) is 48.5 Å². The number of hydrogen-bond donors (Lipinski definition) is 2. The Morgan fingerprint density at radius 3 is 1.44 bits per heavy atom. The van der Waals surface area contributed by atoms with Crippen LogP contribution in [0.2, 0.25) is 0 Å². The molecule has 0 fully saturated rings. The largest absolute Gasteiger partial charge is 0.398 e. The van der Waals surface area contributed by atoms with Crippen LogP contribution in [0, 0.1) is 0 Å². The summed E-state index contributed by atoms with van der Waals surface area (Å²) in [7, 11) is 0. The standard InChI is InChI=1S/C14H14N4/c15-13-7-3-1-5-11(13)9-17-18-10-12-6-2-4-8-14(12)16/h1-10H,15-16H2/b17-9-,18-10?. The zero-order valence-electron chi connectivity index (χ0n) is 9.82. The lowest BCUT2D eigenvalue weighted by atomic mass is 10.2. The van der Waals surface area contributed by atoms with Crippen molar-refractivity contribution in [1.82, 2.24) is 0 Å². The molecule has 0 unspecified atom stereocenters. The molecule has 0 radical (unpaired) electrons. The predicted octanol–water partition coefficient (Wildman–Crippen LogP) is 2.30. The zero-order valence-corrected chi connectivity index (χ0v) is 9.82. The smallest absolute Gasteiger partial charge is 0.0588 e. The minimum absolute atomic E-state index is 0.677. The van der Waals surface area contributed by atoms with Gasteiger partial charge in [-0.3, -0.25) is 0 Å². The summed E-state index contributed by atoms with van der Waals surface area (Å²) in [5.74, 6) is 0. The maximum atomic E-state index is 5.77. The van der Waals surface area contributed by atoms with Gasteiger partial charge in [-0.2, -0.15) is 10.2 Å². The number of nitrogens with zero attached hydrogens (tertiary/aromatic N) is 2. The molecule has 0 aliphatic carbocycles. The third kappa shape index (κ3) is 2.95. The Hall–Kier alpha value is -2.62. The van der Waals surface area contributed by atoms with Crippen molar-refractivity contribution in [3.05, 3.63) is 59.7 Å². The Bertz CT molecular complexity index is 534. The molecule has 0 aromatic heterocycles. The van der Waals surface area contributed by atoms with Gasteiger partial charge < -0.3 is 11.5 Å². The summed E-state index contributed by atoms with van der Waals surface area (Å²) in [5, 5.41) is 7.90. The van der Waals surface area contributed by atoms with Crippen LogP contribution in [0.4, 0.5) is 11.4 Å². The summed E-state index contributed by atoms with van der Waals surface area (Å²) in [5.41, 5.74) is 14.6. The lowest BCUT2D eigenvalue weighted by molar-refractivity contribution is 1.26. The molecule has 0 saturated carbocycles. The van der Waals surface area contributed by atoms with E-state index in [1.54, 1.807) is 12.4 Å². The highest BCUT2D eigenvalue weighted by molar-refractivity contribution is 5.89. The monoisotopic (exact) mass is 238 g/mol. The fourth-order valence-corrected chi connectivity index (χ4v) is 1.45. The number of nitrogens with two attached hydrogens (primary N) is 2. The Labute approximate surface area is 106 Å². The topological polar surface area (TPSA) is 76.8 Å². The van der Waals surface area contributed by atoms with E-state index < -0.39 is 0 Å². The molecule has 4 heteroatoms. The second-order valence-electron chi connectivity index (χ2n) is 3.75. The van der Waals surface area contributed by atoms with Crippen molar-refractivity contribution in [2.75, 3.05) is 11.5 Å². The maximum Gasteiger partial charge on any atom is 0.0588 e. The number of rotatable bonds is 3. The van der Waals surface area contributed by atoms with Crippen molar-refractivity contribution in [2.45, 2.75) is 0 Å². The highest BCUT2D eigenvalue weighted by Gasteiger charge is 1.93. The highest BCUT2D eigenvalue weighted by Crippen LogP contribution is 2.08. The van der Waals surface area contributed by atoms with Crippen LogP contribution in [0.15, 0.2) is 58.7 Å². The fraction of sp³-hybridized carbons (Fsp3) is 0. The Kier molecular flexibility index (Phi) is 3.71. The van der Waals surface area contributed by atoms with Gasteiger partial charge in [0.15, 0.2) is 0 Å². The van der Waals surface area contributed by atoms with Gasteiger partial charge in [0.2, 0.25) is 0 Å². The lowest BCUT2D eigenvalue weighted by Gasteiger charge is -1.97. The molecule has 0 heterocycles. The third-order valence-corrected chi connectivity index (χ3v) is 2.45. The van der Waals surface area contributed by atoms with Gasteiger partial charge in [0.25, 0.3) is 0 Å². The van der Waals surface area contributed by atoms with Crippen molar-refractivity contribution in [1.29, 1.82) is 0 Å². The average molecular weight is 238 g/mol. The van der Waals surface area contributed by atoms with Gasteiger partial charge in [-0.05, 0) is 12.1 Å². The van der Waals surface area contributed by atoms with E-state index in [4.69, 9.17) is 11.5 Å². The lowest BCUT2D eigenvalue weighted by Crippen LogP contribution is -1.92. The Morgan fingerprint density at radius 1 is 0.667 bits per heavy atom. The molecule has 0 amide bonds. The first-order valence-electron chi connectivity index (χ1n) is 5.53. The van der Waals surface area contributed by atoms with Gasteiger partial charge in [-0.25, -0.2) is 0 Å². The molecule has 0 atom stereocenters. The van der Waals surface area contributed by atoms with Crippen molar-refractivity contribution < 1.29 is 0 Å². The molecule has 0 aliphatic heterocycles. The van der Waals surface area contributed by atoms with Crippen LogP contribution in [0.1, 0.15) is 11.1 Å². The molecule has 0 spiro atoms. The molecule has 0 aliphatic rings. The Morgan fingerprint density at radius 2 is 1.06 bits per heavy atom. The van der Waals surface area contributed by atoms with Crippen molar-refractivity contribution in [2.24, 2.45) is 10.2 Å². The minimum Gasteiger partial charge on any atom is -0.398 e. The van der Waals surface area contributed by atoms with E-state index in [2.05, 4.69) is 10.2 Å². The second kappa shape index (κ2) is 5.63. The van der Waals surface area contributed by atoms with Crippen molar-refractivity contribution >= 4 is 23.8 Å². The van der Waals surface area contributed by atoms with Crippen LogP contribution in [0.25, 0.3) is 0 Å². The molecule has 4 nitrogen and oxygen atoms in total. The molecule has 2 aromatic rings. The predicted molar refractivity (Wildman–Crippen MR) is 76.9 cm³/mol. The molecular formula is C14H14N4. The first-order chi connectivity index (χ1) is 8.77. The molecule has 2 rings (SSSR count). The number of para-hydroxylation sites is 2. The maximum absolute atomic E-state index is 5.77. The van der Waals surface area contributed by atoms with Crippen LogP contribution < -0.4 is 11.5 Å². The highest BCUT2D eigenvalue weighted by atomic mass is 15.2. The molecule has 2 aromatic carbocycles. The minimum atomic E-state index is 0.677.